The van der Waals surface area contributed by atoms with Gasteiger partial charge in [0.15, 0.2) is 4.34 Å². The number of hydrogen-bond donors (Lipinski definition) is 1. The third kappa shape index (κ3) is 4.84. The molecule has 0 radical (unpaired) electrons. The van der Waals surface area contributed by atoms with E-state index in [2.05, 4.69) is 29.4 Å². The number of non-ortho nitro benzene ring substituents is 1. The molecular weight excluding hydrogens is 382 g/mol. The zero-order chi connectivity index (χ0) is 19.4. The molecule has 0 fully saturated rings. The summed E-state index contributed by atoms with van der Waals surface area (Å²) in [6.45, 7) is 4.07. The Kier molecular flexibility index (Phi) is 6.08. The summed E-state index contributed by atoms with van der Waals surface area (Å²) < 4.78 is 1.47. The van der Waals surface area contributed by atoms with Crippen molar-refractivity contribution in [1.29, 1.82) is 0 Å². The van der Waals surface area contributed by atoms with Gasteiger partial charge in [0, 0.05) is 12.1 Å². The second kappa shape index (κ2) is 8.49. The molecular formula is C19H19N3O3S2. The molecule has 140 valence electrons. The van der Waals surface area contributed by atoms with Gasteiger partial charge in [-0.3, -0.25) is 14.9 Å². The summed E-state index contributed by atoms with van der Waals surface area (Å²) in [5, 5.41) is 13.8. The van der Waals surface area contributed by atoms with Crippen LogP contribution in [0.1, 0.15) is 31.0 Å². The number of nitro groups is 1. The second-order valence-electron chi connectivity index (χ2n) is 6.06. The van der Waals surface area contributed by atoms with E-state index in [4.69, 9.17) is 0 Å². The number of amides is 1. The molecule has 3 rings (SSSR count). The number of thioether (sulfide) groups is 1. The van der Waals surface area contributed by atoms with E-state index in [1.807, 2.05) is 19.1 Å². The first-order chi connectivity index (χ1) is 13.0. The monoisotopic (exact) mass is 401 g/mol. The van der Waals surface area contributed by atoms with Crippen LogP contribution in [0.5, 0.6) is 0 Å². The van der Waals surface area contributed by atoms with Crippen molar-refractivity contribution in [3.8, 4) is 0 Å². The van der Waals surface area contributed by atoms with Gasteiger partial charge in [-0.2, -0.15) is 0 Å². The van der Waals surface area contributed by atoms with Crippen LogP contribution in [0.15, 0.2) is 46.8 Å². The Labute approximate surface area is 165 Å². The average molecular weight is 402 g/mol. The number of nitrogens with one attached hydrogen (secondary N) is 1. The van der Waals surface area contributed by atoms with Crippen LogP contribution in [0, 0.1) is 10.1 Å². The van der Waals surface area contributed by atoms with Crippen LogP contribution in [0.4, 0.5) is 5.69 Å². The first kappa shape index (κ1) is 19.3. The number of aryl methyl sites for hydroxylation is 1. The number of thiazole rings is 1. The van der Waals surface area contributed by atoms with Crippen LogP contribution < -0.4 is 5.32 Å². The van der Waals surface area contributed by atoms with Gasteiger partial charge in [-0.05, 0) is 30.5 Å². The van der Waals surface area contributed by atoms with Crippen LogP contribution in [-0.2, 0) is 11.2 Å². The van der Waals surface area contributed by atoms with Crippen LogP contribution in [-0.4, -0.2) is 21.6 Å². The van der Waals surface area contributed by atoms with Gasteiger partial charge in [0.1, 0.15) is 0 Å². The zero-order valence-electron chi connectivity index (χ0n) is 15.0. The molecule has 1 aromatic heterocycles. The predicted molar refractivity (Wildman–Crippen MR) is 109 cm³/mol. The molecule has 1 N–H and O–H groups in total. The van der Waals surface area contributed by atoms with Gasteiger partial charge in [0.2, 0.25) is 5.91 Å². The number of nitrogens with zero attached hydrogens (tertiary/aromatic N) is 2. The summed E-state index contributed by atoms with van der Waals surface area (Å²) in [5.74, 6) is 0.177. The Morgan fingerprint density at radius 2 is 2.04 bits per heavy atom. The number of carbonyl (C=O) groups is 1. The summed E-state index contributed by atoms with van der Waals surface area (Å²) in [6, 6.07) is 12.8. The molecule has 2 aromatic carbocycles. The van der Waals surface area contributed by atoms with Crippen LogP contribution in [0.25, 0.3) is 10.2 Å². The first-order valence-corrected chi connectivity index (χ1v) is 10.3. The lowest BCUT2D eigenvalue weighted by atomic mass is 10.1. The largest absolute Gasteiger partial charge is 0.349 e. The van der Waals surface area contributed by atoms with Gasteiger partial charge >= 0.3 is 0 Å². The van der Waals surface area contributed by atoms with Crippen LogP contribution in [0.3, 0.4) is 0 Å². The Balaban J connectivity index is 1.58. The summed E-state index contributed by atoms with van der Waals surface area (Å²) >= 11 is 2.69. The molecule has 0 bridgehead atoms. The summed E-state index contributed by atoms with van der Waals surface area (Å²) in [4.78, 5) is 27.1. The Hall–Kier alpha value is -2.45. The van der Waals surface area contributed by atoms with Crippen molar-refractivity contribution in [3.63, 3.8) is 0 Å². The molecule has 0 aliphatic carbocycles. The topological polar surface area (TPSA) is 85.1 Å². The third-order valence-electron chi connectivity index (χ3n) is 4.16. The number of benzene rings is 2. The van der Waals surface area contributed by atoms with E-state index in [0.29, 0.717) is 5.52 Å². The number of aromatic nitrogens is 1. The van der Waals surface area contributed by atoms with E-state index in [1.54, 1.807) is 6.07 Å². The van der Waals surface area contributed by atoms with Gasteiger partial charge in [-0.25, -0.2) is 4.98 Å². The fraction of sp³-hybridized carbons (Fsp3) is 0.263. The van der Waals surface area contributed by atoms with Crippen LogP contribution >= 0.6 is 23.1 Å². The van der Waals surface area contributed by atoms with Gasteiger partial charge in [0.05, 0.1) is 26.9 Å². The lowest BCUT2D eigenvalue weighted by molar-refractivity contribution is -0.384. The highest BCUT2D eigenvalue weighted by molar-refractivity contribution is 8.01. The molecule has 0 unspecified atom stereocenters. The van der Waals surface area contributed by atoms with Crippen molar-refractivity contribution in [1.82, 2.24) is 10.3 Å². The SMILES string of the molecule is CCc1ccc([C@@H](C)NC(=O)CSc2nc3ccc([N+](=O)[O-])cc3s2)cc1. The molecule has 1 atom stereocenters. The van der Waals surface area contributed by atoms with E-state index >= 15 is 0 Å². The maximum Gasteiger partial charge on any atom is 0.270 e. The fourth-order valence-corrected chi connectivity index (χ4v) is 4.52. The van der Waals surface area contributed by atoms with Crippen molar-refractivity contribution >= 4 is 44.9 Å². The third-order valence-corrected chi connectivity index (χ3v) is 6.32. The molecule has 0 spiro atoms. The maximum atomic E-state index is 12.2. The van der Waals surface area contributed by atoms with Gasteiger partial charge < -0.3 is 5.32 Å². The van der Waals surface area contributed by atoms with E-state index in [-0.39, 0.29) is 23.4 Å². The zero-order valence-corrected chi connectivity index (χ0v) is 16.6. The summed E-state index contributed by atoms with van der Waals surface area (Å²) in [6.07, 6.45) is 0.989. The molecule has 0 aliphatic heterocycles. The summed E-state index contributed by atoms with van der Waals surface area (Å²) in [5.41, 5.74) is 3.09. The molecule has 27 heavy (non-hydrogen) atoms. The molecule has 1 heterocycles. The number of hydrogen-bond acceptors (Lipinski definition) is 6. The molecule has 1 amide bonds. The molecule has 3 aromatic rings. The van der Waals surface area contributed by atoms with E-state index < -0.39 is 4.92 Å². The van der Waals surface area contributed by atoms with E-state index in [1.165, 1.54) is 40.8 Å². The van der Waals surface area contributed by atoms with Gasteiger partial charge in [-0.15, -0.1) is 11.3 Å². The Morgan fingerprint density at radius 3 is 2.70 bits per heavy atom. The van der Waals surface area contributed by atoms with Crippen molar-refractivity contribution in [2.45, 2.75) is 30.6 Å². The number of carbonyl (C=O) groups excluding carboxylic acids is 1. The quantitative estimate of drug-likeness (QED) is 0.351. The smallest absolute Gasteiger partial charge is 0.270 e. The lowest BCUT2D eigenvalue weighted by Gasteiger charge is -2.14. The predicted octanol–water partition coefficient (Wildman–Crippen LogP) is 4.74. The Morgan fingerprint density at radius 1 is 1.30 bits per heavy atom. The lowest BCUT2D eigenvalue weighted by Crippen LogP contribution is -2.28. The number of nitro benzene ring substituents is 1. The van der Waals surface area contributed by atoms with E-state index in [0.717, 1.165) is 21.0 Å². The highest BCUT2D eigenvalue weighted by Crippen LogP contribution is 2.31. The molecule has 8 heteroatoms. The second-order valence-corrected chi connectivity index (χ2v) is 8.32. The number of rotatable bonds is 7. The highest BCUT2D eigenvalue weighted by atomic mass is 32.2. The van der Waals surface area contributed by atoms with Crippen molar-refractivity contribution in [2.24, 2.45) is 0 Å². The minimum absolute atomic E-state index is 0.0448. The standard InChI is InChI=1S/C19H19N3O3S2/c1-3-13-4-6-14(7-5-13)12(2)20-18(23)11-26-19-21-16-9-8-15(22(24)25)10-17(16)27-19/h4-10,12H,3,11H2,1-2H3,(H,20,23)/t12-/m1/s1. The molecule has 0 aliphatic rings. The maximum absolute atomic E-state index is 12.2. The molecule has 0 saturated carbocycles. The van der Waals surface area contributed by atoms with Gasteiger partial charge in [0.25, 0.3) is 5.69 Å². The molecule has 0 saturated heterocycles. The molecule has 6 nitrogen and oxygen atoms in total. The first-order valence-electron chi connectivity index (χ1n) is 8.52. The Bertz CT molecular complexity index is 970. The highest BCUT2D eigenvalue weighted by Gasteiger charge is 2.13. The van der Waals surface area contributed by atoms with E-state index in [9.17, 15) is 14.9 Å². The normalized spacial score (nSPS) is 12.1. The minimum atomic E-state index is -0.423. The minimum Gasteiger partial charge on any atom is -0.349 e. The van der Waals surface area contributed by atoms with Crippen molar-refractivity contribution < 1.29 is 9.72 Å². The van der Waals surface area contributed by atoms with Crippen molar-refractivity contribution in [3.05, 3.63) is 63.7 Å². The summed E-state index contributed by atoms with van der Waals surface area (Å²) in [7, 11) is 0. The number of fused-ring (bicyclic) bond motifs is 1. The van der Waals surface area contributed by atoms with Crippen LogP contribution in [0.2, 0.25) is 0 Å². The average Bonchev–Trinajstić information content (AvgIpc) is 3.08. The van der Waals surface area contributed by atoms with Crippen molar-refractivity contribution in [2.75, 3.05) is 5.75 Å². The van der Waals surface area contributed by atoms with Gasteiger partial charge in [-0.1, -0.05) is 43.0 Å². The fourth-order valence-electron chi connectivity index (χ4n) is 2.60.